The minimum atomic E-state index is -0.958. The van der Waals surface area contributed by atoms with Gasteiger partial charge >= 0.3 is 5.97 Å². The van der Waals surface area contributed by atoms with Crippen LogP contribution in [-0.2, 0) is 33.5 Å². The topological polar surface area (TPSA) is 71.9 Å². The van der Waals surface area contributed by atoms with E-state index in [-0.39, 0.29) is 12.2 Å². The number of fused-ring (bicyclic) bond motifs is 1. The first kappa shape index (κ1) is 27.2. The minimum Gasteiger partial charge on any atom is -0.480 e. The van der Waals surface area contributed by atoms with Crippen LogP contribution in [0.2, 0.25) is 0 Å². The normalized spacial score (nSPS) is 24.7. The summed E-state index contributed by atoms with van der Waals surface area (Å²) in [4.78, 5) is 19.3. The second-order valence-corrected chi connectivity index (χ2v) is 11.4. The molecule has 0 radical (unpaired) electrons. The molecule has 5 rings (SSSR count). The van der Waals surface area contributed by atoms with E-state index in [0.29, 0.717) is 31.9 Å². The van der Waals surface area contributed by atoms with Crippen molar-refractivity contribution in [3.05, 3.63) is 64.2 Å². The van der Waals surface area contributed by atoms with Crippen molar-refractivity contribution in [1.29, 1.82) is 0 Å². The number of aliphatic carboxylic acids is 1. The molecule has 2 fully saturated rings. The summed E-state index contributed by atoms with van der Waals surface area (Å²) < 4.78 is 26.4. The number of likely N-dealkylation sites (tertiary alicyclic amines) is 1. The third-order valence-electron chi connectivity index (χ3n) is 8.40. The molecule has 2 unspecified atom stereocenters. The van der Waals surface area contributed by atoms with Gasteiger partial charge in [0.05, 0.1) is 12.2 Å². The molecule has 1 aliphatic carbocycles. The number of pyridine rings is 1. The molecule has 1 aromatic heterocycles. The maximum absolute atomic E-state index is 14.3. The molecule has 4 atom stereocenters. The standard InChI is InChI=1S/C31H41FN2O4/c1-21-8-9-22-10-12-24(33-28(22)18-21)6-2-4-16-37-25-14-15-34(20-25)30(31(35)36)27-19-23(32)11-13-26(27)29-7-3-5-17-38-29/h10-13,19,21,25,29-30H,2-9,14-18,20H2,1H3,(H,35,36)/t21?,25-,29+,30?/m1/s1. The molecule has 6 nitrogen and oxygen atoms in total. The van der Waals surface area contributed by atoms with E-state index in [0.717, 1.165) is 69.3 Å². The quantitative estimate of drug-likeness (QED) is 0.395. The van der Waals surface area contributed by atoms with Crippen LogP contribution in [0.1, 0.15) is 92.1 Å². The van der Waals surface area contributed by atoms with Crippen LogP contribution in [0, 0.1) is 11.7 Å². The number of hydrogen-bond donors (Lipinski definition) is 1. The van der Waals surface area contributed by atoms with E-state index in [1.54, 1.807) is 6.07 Å². The van der Waals surface area contributed by atoms with Crippen molar-refractivity contribution in [2.75, 3.05) is 26.3 Å². The lowest BCUT2D eigenvalue weighted by Crippen LogP contribution is -2.34. The smallest absolute Gasteiger partial charge is 0.325 e. The van der Waals surface area contributed by atoms with E-state index >= 15 is 0 Å². The summed E-state index contributed by atoms with van der Waals surface area (Å²) in [5.41, 5.74) is 5.18. The summed E-state index contributed by atoms with van der Waals surface area (Å²) in [6.45, 7) is 4.75. The Labute approximate surface area is 225 Å². The average Bonchev–Trinajstić information content (AvgIpc) is 3.37. The predicted molar refractivity (Wildman–Crippen MR) is 144 cm³/mol. The van der Waals surface area contributed by atoms with Gasteiger partial charge in [0.1, 0.15) is 11.9 Å². The molecule has 2 aromatic rings. The van der Waals surface area contributed by atoms with E-state index in [4.69, 9.17) is 14.5 Å². The Kier molecular flexibility index (Phi) is 9.08. The Bertz CT molecular complexity index is 1100. The Morgan fingerprint density at radius 2 is 2.11 bits per heavy atom. The number of unbranched alkanes of at least 4 members (excludes halogenated alkanes) is 1. The van der Waals surface area contributed by atoms with Crippen LogP contribution < -0.4 is 0 Å². The van der Waals surface area contributed by atoms with E-state index in [9.17, 15) is 14.3 Å². The first-order valence-corrected chi connectivity index (χ1v) is 14.4. The molecular formula is C31H41FN2O4. The van der Waals surface area contributed by atoms with Crippen LogP contribution in [0.25, 0.3) is 0 Å². The zero-order chi connectivity index (χ0) is 26.5. The van der Waals surface area contributed by atoms with Gasteiger partial charge in [-0.2, -0.15) is 0 Å². The number of aromatic nitrogens is 1. The zero-order valence-corrected chi connectivity index (χ0v) is 22.5. The van der Waals surface area contributed by atoms with Crippen LogP contribution in [0.5, 0.6) is 0 Å². The molecule has 3 heterocycles. The monoisotopic (exact) mass is 524 g/mol. The van der Waals surface area contributed by atoms with Crippen LogP contribution in [0.4, 0.5) is 4.39 Å². The van der Waals surface area contributed by atoms with Gasteiger partial charge < -0.3 is 14.6 Å². The summed E-state index contributed by atoms with van der Waals surface area (Å²) >= 11 is 0. The molecule has 1 N–H and O–H groups in total. The maximum Gasteiger partial charge on any atom is 0.325 e. The fraction of sp³-hybridized carbons (Fsp3) is 0.613. The van der Waals surface area contributed by atoms with Crippen molar-refractivity contribution in [3.8, 4) is 0 Å². The highest BCUT2D eigenvalue weighted by atomic mass is 19.1. The van der Waals surface area contributed by atoms with Crippen LogP contribution in [0.15, 0.2) is 30.3 Å². The number of benzene rings is 1. The van der Waals surface area contributed by atoms with Crippen molar-refractivity contribution in [2.45, 2.75) is 89.4 Å². The molecule has 0 spiro atoms. The highest BCUT2D eigenvalue weighted by Gasteiger charge is 2.36. The Morgan fingerprint density at radius 3 is 2.92 bits per heavy atom. The van der Waals surface area contributed by atoms with Gasteiger partial charge in [0.2, 0.25) is 0 Å². The molecule has 2 saturated heterocycles. The molecule has 7 heteroatoms. The number of rotatable bonds is 10. The van der Waals surface area contributed by atoms with E-state index in [1.807, 2.05) is 4.90 Å². The number of hydrogen-bond acceptors (Lipinski definition) is 5. The molecule has 3 aliphatic rings. The third kappa shape index (κ3) is 6.61. The number of nitrogens with zero attached hydrogens (tertiary/aromatic N) is 2. The fourth-order valence-corrected chi connectivity index (χ4v) is 6.28. The lowest BCUT2D eigenvalue weighted by molar-refractivity contribution is -0.143. The molecule has 38 heavy (non-hydrogen) atoms. The van der Waals surface area contributed by atoms with Gasteiger partial charge in [-0.05, 0) is 105 Å². The number of carbonyl (C=O) groups is 1. The van der Waals surface area contributed by atoms with Gasteiger partial charge in [-0.1, -0.05) is 19.1 Å². The summed E-state index contributed by atoms with van der Waals surface area (Å²) in [5, 5.41) is 10.2. The summed E-state index contributed by atoms with van der Waals surface area (Å²) in [7, 11) is 0. The minimum absolute atomic E-state index is 0.0110. The van der Waals surface area contributed by atoms with Crippen molar-refractivity contribution in [3.63, 3.8) is 0 Å². The Morgan fingerprint density at radius 1 is 1.21 bits per heavy atom. The largest absolute Gasteiger partial charge is 0.480 e. The number of carboxylic acid groups (broad SMARTS) is 1. The molecule has 206 valence electrons. The summed E-state index contributed by atoms with van der Waals surface area (Å²) in [6.07, 6.45) is 9.86. The molecular weight excluding hydrogens is 483 g/mol. The van der Waals surface area contributed by atoms with Gasteiger partial charge in [-0.15, -0.1) is 0 Å². The van der Waals surface area contributed by atoms with E-state index < -0.39 is 17.8 Å². The lowest BCUT2D eigenvalue weighted by atomic mass is 9.88. The zero-order valence-electron chi connectivity index (χ0n) is 22.5. The third-order valence-corrected chi connectivity index (χ3v) is 8.40. The van der Waals surface area contributed by atoms with Crippen LogP contribution in [-0.4, -0.2) is 53.4 Å². The lowest BCUT2D eigenvalue weighted by Gasteiger charge is -2.30. The van der Waals surface area contributed by atoms with Crippen molar-refractivity contribution < 1.29 is 23.8 Å². The second-order valence-electron chi connectivity index (χ2n) is 11.4. The number of aryl methyl sites for hydroxylation is 2. The first-order valence-electron chi connectivity index (χ1n) is 14.4. The van der Waals surface area contributed by atoms with Gasteiger partial charge in [-0.25, -0.2) is 4.39 Å². The van der Waals surface area contributed by atoms with Gasteiger partial charge in [0, 0.05) is 37.7 Å². The second kappa shape index (κ2) is 12.7. The first-order chi connectivity index (χ1) is 18.5. The number of halogens is 1. The predicted octanol–water partition coefficient (Wildman–Crippen LogP) is 5.83. The van der Waals surface area contributed by atoms with Gasteiger partial charge in [0.15, 0.2) is 0 Å². The Balaban J connectivity index is 1.13. The van der Waals surface area contributed by atoms with Gasteiger partial charge in [-0.3, -0.25) is 14.7 Å². The molecule has 0 amide bonds. The van der Waals surface area contributed by atoms with E-state index in [1.165, 1.54) is 35.5 Å². The molecule has 0 saturated carbocycles. The van der Waals surface area contributed by atoms with Crippen LogP contribution >= 0.6 is 0 Å². The highest BCUT2D eigenvalue weighted by molar-refractivity contribution is 5.76. The highest BCUT2D eigenvalue weighted by Crippen LogP contribution is 2.36. The fourth-order valence-electron chi connectivity index (χ4n) is 6.28. The Hall–Kier alpha value is -2.35. The molecule has 0 bridgehead atoms. The maximum atomic E-state index is 14.3. The summed E-state index contributed by atoms with van der Waals surface area (Å²) in [5.74, 6) is -0.653. The average molecular weight is 525 g/mol. The van der Waals surface area contributed by atoms with Crippen molar-refractivity contribution in [2.24, 2.45) is 5.92 Å². The van der Waals surface area contributed by atoms with E-state index in [2.05, 4.69) is 19.1 Å². The number of ether oxygens (including phenoxy) is 2. The van der Waals surface area contributed by atoms with Crippen LogP contribution in [0.3, 0.4) is 0 Å². The van der Waals surface area contributed by atoms with Gasteiger partial charge in [0.25, 0.3) is 0 Å². The SMILES string of the molecule is CC1CCc2ccc(CCCCO[C@@H]3CCN(C(C(=O)O)c4cc(F)ccc4[C@@H]4CCCCO4)C3)nc2C1. The summed E-state index contributed by atoms with van der Waals surface area (Å²) in [6, 6.07) is 8.03. The molecule has 2 aliphatic heterocycles. The number of carboxylic acids is 1. The van der Waals surface area contributed by atoms with Crippen molar-refractivity contribution >= 4 is 5.97 Å². The van der Waals surface area contributed by atoms with Crippen molar-refractivity contribution in [1.82, 2.24) is 9.88 Å². The molecule has 1 aromatic carbocycles.